The smallest absolute Gasteiger partial charge is 0.213 e. The Kier molecular flexibility index (Phi) is 2.82. The first kappa shape index (κ1) is 12.8. The number of benzene rings is 1. The van der Waals surface area contributed by atoms with E-state index >= 15 is 0 Å². The van der Waals surface area contributed by atoms with E-state index in [-0.39, 0.29) is 0 Å². The van der Waals surface area contributed by atoms with Crippen LogP contribution in [0, 0.1) is 6.92 Å². The van der Waals surface area contributed by atoms with Gasteiger partial charge < -0.3 is 4.74 Å². The quantitative estimate of drug-likeness (QED) is 0.562. The molecule has 3 aromatic heterocycles. The van der Waals surface area contributed by atoms with E-state index in [4.69, 9.17) is 4.74 Å². The highest BCUT2D eigenvalue weighted by atomic mass is 16.5. The summed E-state index contributed by atoms with van der Waals surface area (Å²) >= 11 is 0. The van der Waals surface area contributed by atoms with Crippen LogP contribution >= 0.6 is 0 Å². The minimum atomic E-state index is 0.618. The van der Waals surface area contributed by atoms with E-state index < -0.39 is 0 Å². The standard InChI is InChI=1S/C18H15N3O/c1-12-4-3-5-14-10-19-17(9-15(12)14)21-7-6-13-8-18(22-2)20-11-16(13)21/h3-11H,1-2H3. The molecule has 108 valence electrons. The van der Waals surface area contributed by atoms with Crippen LogP contribution in [0.1, 0.15) is 5.56 Å². The highest BCUT2D eigenvalue weighted by molar-refractivity contribution is 5.87. The number of rotatable bonds is 2. The van der Waals surface area contributed by atoms with E-state index in [1.54, 1.807) is 7.11 Å². The molecular formula is C18H15N3O. The predicted octanol–water partition coefficient (Wildman–Crippen LogP) is 3.89. The molecule has 0 N–H and O–H groups in total. The van der Waals surface area contributed by atoms with Crippen molar-refractivity contribution >= 4 is 21.7 Å². The molecule has 4 heteroatoms. The summed E-state index contributed by atoms with van der Waals surface area (Å²) in [6, 6.07) is 12.3. The molecule has 4 nitrogen and oxygen atoms in total. The van der Waals surface area contributed by atoms with Crippen molar-refractivity contribution < 1.29 is 4.74 Å². The van der Waals surface area contributed by atoms with Gasteiger partial charge in [0.1, 0.15) is 5.82 Å². The second-order valence-electron chi connectivity index (χ2n) is 5.31. The average Bonchev–Trinajstić information content (AvgIpc) is 2.98. The molecule has 0 saturated heterocycles. The molecule has 0 saturated carbocycles. The molecule has 4 aromatic rings. The van der Waals surface area contributed by atoms with E-state index in [0.29, 0.717) is 5.88 Å². The molecule has 0 spiro atoms. The van der Waals surface area contributed by atoms with E-state index in [1.807, 2.05) is 35.3 Å². The molecular weight excluding hydrogens is 274 g/mol. The highest BCUT2D eigenvalue weighted by Gasteiger charge is 2.07. The molecule has 0 fully saturated rings. The lowest BCUT2D eigenvalue weighted by atomic mass is 10.1. The Balaban J connectivity index is 1.93. The van der Waals surface area contributed by atoms with Crippen LogP contribution in [0.4, 0.5) is 0 Å². The third kappa shape index (κ3) is 1.92. The fourth-order valence-corrected chi connectivity index (χ4v) is 2.77. The van der Waals surface area contributed by atoms with E-state index in [0.717, 1.165) is 22.1 Å². The van der Waals surface area contributed by atoms with Gasteiger partial charge in [0.05, 0.1) is 18.8 Å². The van der Waals surface area contributed by atoms with E-state index in [1.165, 1.54) is 10.9 Å². The van der Waals surface area contributed by atoms with Crippen molar-refractivity contribution in [2.75, 3.05) is 7.11 Å². The summed E-state index contributed by atoms with van der Waals surface area (Å²) in [5, 5.41) is 3.45. The zero-order valence-electron chi connectivity index (χ0n) is 12.4. The van der Waals surface area contributed by atoms with Crippen LogP contribution in [0.2, 0.25) is 0 Å². The predicted molar refractivity (Wildman–Crippen MR) is 87.7 cm³/mol. The Hall–Kier alpha value is -2.88. The van der Waals surface area contributed by atoms with Crippen molar-refractivity contribution in [2.24, 2.45) is 0 Å². The lowest BCUT2D eigenvalue weighted by Crippen LogP contribution is -1.96. The van der Waals surface area contributed by atoms with Crippen LogP contribution in [0.15, 0.2) is 55.0 Å². The second kappa shape index (κ2) is 4.84. The third-order valence-electron chi connectivity index (χ3n) is 3.97. The summed E-state index contributed by atoms with van der Waals surface area (Å²) in [4.78, 5) is 8.88. The SMILES string of the molecule is COc1cc2ccn(-c3cc4c(C)cccc4cn3)c2cn1. The Bertz CT molecular complexity index is 988. The lowest BCUT2D eigenvalue weighted by Gasteiger charge is -2.08. The average molecular weight is 289 g/mol. The first-order chi connectivity index (χ1) is 10.8. The molecule has 0 aliphatic rings. The normalized spacial score (nSPS) is 11.2. The maximum Gasteiger partial charge on any atom is 0.213 e. The molecule has 0 bridgehead atoms. The summed E-state index contributed by atoms with van der Waals surface area (Å²) in [5.41, 5.74) is 2.26. The molecule has 3 heterocycles. The Morgan fingerprint density at radius 2 is 1.91 bits per heavy atom. The molecule has 1 aromatic carbocycles. The molecule has 0 aliphatic carbocycles. The zero-order valence-corrected chi connectivity index (χ0v) is 12.4. The van der Waals surface area contributed by atoms with Gasteiger partial charge >= 0.3 is 0 Å². The number of hydrogen-bond donors (Lipinski definition) is 0. The van der Waals surface area contributed by atoms with Gasteiger partial charge in [-0.1, -0.05) is 18.2 Å². The van der Waals surface area contributed by atoms with Crippen LogP contribution < -0.4 is 4.74 Å². The van der Waals surface area contributed by atoms with Gasteiger partial charge in [-0.05, 0) is 30.0 Å². The minimum absolute atomic E-state index is 0.618. The number of hydrogen-bond acceptors (Lipinski definition) is 3. The summed E-state index contributed by atoms with van der Waals surface area (Å²) in [7, 11) is 1.62. The first-order valence-corrected chi connectivity index (χ1v) is 7.13. The topological polar surface area (TPSA) is 39.9 Å². The summed E-state index contributed by atoms with van der Waals surface area (Å²) in [6.07, 6.45) is 5.75. The molecule has 0 unspecified atom stereocenters. The molecule has 0 aliphatic heterocycles. The van der Waals surface area contributed by atoms with Gasteiger partial charge in [-0.25, -0.2) is 9.97 Å². The van der Waals surface area contributed by atoms with Gasteiger partial charge in [0.15, 0.2) is 0 Å². The number of fused-ring (bicyclic) bond motifs is 2. The van der Waals surface area contributed by atoms with Crippen molar-refractivity contribution in [1.29, 1.82) is 0 Å². The van der Waals surface area contributed by atoms with Crippen LogP contribution in [0.5, 0.6) is 5.88 Å². The van der Waals surface area contributed by atoms with Crippen LogP contribution in [-0.4, -0.2) is 21.6 Å². The van der Waals surface area contributed by atoms with Gasteiger partial charge in [0.2, 0.25) is 5.88 Å². The molecule has 0 radical (unpaired) electrons. The zero-order chi connectivity index (χ0) is 15.1. The number of aromatic nitrogens is 3. The number of nitrogens with zero attached hydrogens (tertiary/aromatic N) is 3. The summed E-state index contributed by atoms with van der Waals surface area (Å²) < 4.78 is 7.22. The number of pyridine rings is 2. The molecule has 0 atom stereocenters. The number of ether oxygens (including phenoxy) is 1. The van der Waals surface area contributed by atoms with Gasteiger partial charge in [-0.3, -0.25) is 4.57 Å². The van der Waals surface area contributed by atoms with Crippen LogP contribution in [0.3, 0.4) is 0 Å². The Morgan fingerprint density at radius 1 is 1.00 bits per heavy atom. The van der Waals surface area contributed by atoms with Crippen LogP contribution in [-0.2, 0) is 0 Å². The highest BCUT2D eigenvalue weighted by Crippen LogP contribution is 2.24. The van der Waals surface area contributed by atoms with Crippen molar-refractivity contribution in [1.82, 2.24) is 14.5 Å². The molecule has 0 amide bonds. The largest absolute Gasteiger partial charge is 0.481 e. The summed E-state index contributed by atoms with van der Waals surface area (Å²) in [6.45, 7) is 2.12. The molecule has 22 heavy (non-hydrogen) atoms. The maximum absolute atomic E-state index is 5.17. The third-order valence-corrected chi connectivity index (χ3v) is 3.97. The lowest BCUT2D eigenvalue weighted by molar-refractivity contribution is 0.398. The van der Waals surface area contributed by atoms with Crippen molar-refractivity contribution in [3.8, 4) is 11.7 Å². The van der Waals surface area contributed by atoms with Crippen molar-refractivity contribution in [3.05, 3.63) is 60.6 Å². The summed E-state index contributed by atoms with van der Waals surface area (Å²) in [5.74, 6) is 1.51. The van der Waals surface area contributed by atoms with Gasteiger partial charge in [0.25, 0.3) is 0 Å². The number of methoxy groups -OCH3 is 1. The Labute approximate surface area is 128 Å². The van der Waals surface area contributed by atoms with Crippen molar-refractivity contribution in [2.45, 2.75) is 6.92 Å². The fraction of sp³-hybridized carbons (Fsp3) is 0.111. The number of aryl methyl sites for hydroxylation is 1. The molecule has 4 rings (SSSR count). The van der Waals surface area contributed by atoms with Gasteiger partial charge in [-0.2, -0.15) is 0 Å². The van der Waals surface area contributed by atoms with E-state index in [2.05, 4.69) is 41.2 Å². The monoisotopic (exact) mass is 289 g/mol. The van der Waals surface area contributed by atoms with Gasteiger partial charge in [0, 0.05) is 29.2 Å². The second-order valence-corrected chi connectivity index (χ2v) is 5.31. The maximum atomic E-state index is 5.17. The van der Waals surface area contributed by atoms with E-state index in [9.17, 15) is 0 Å². The minimum Gasteiger partial charge on any atom is -0.481 e. The van der Waals surface area contributed by atoms with Gasteiger partial charge in [-0.15, -0.1) is 0 Å². The van der Waals surface area contributed by atoms with Crippen LogP contribution in [0.25, 0.3) is 27.5 Å². The first-order valence-electron chi connectivity index (χ1n) is 7.13. The fourth-order valence-electron chi connectivity index (χ4n) is 2.77. The Morgan fingerprint density at radius 3 is 2.77 bits per heavy atom. The van der Waals surface area contributed by atoms with Crippen molar-refractivity contribution in [3.63, 3.8) is 0 Å².